The van der Waals surface area contributed by atoms with Crippen LogP contribution in [0.15, 0.2) is 109 Å². The number of hydrogen-bond acceptors (Lipinski definition) is 8. The number of quaternary nitrogens is 1. The van der Waals surface area contributed by atoms with Crippen molar-refractivity contribution >= 4 is 19.8 Å². The van der Waals surface area contributed by atoms with Crippen molar-refractivity contribution in [2.45, 2.75) is 341 Å². The zero-order valence-electron chi connectivity index (χ0n) is 59.3. The molecule has 2 unspecified atom stereocenters. The second-order valence-corrected chi connectivity index (χ2v) is 27.7. The molecule has 0 amide bonds. The van der Waals surface area contributed by atoms with Crippen LogP contribution in [0.1, 0.15) is 335 Å². The van der Waals surface area contributed by atoms with Crippen molar-refractivity contribution in [1.29, 1.82) is 0 Å². The molecular formula is C80H142NO8P. The summed E-state index contributed by atoms with van der Waals surface area (Å²) in [5.41, 5.74) is 0. The first-order valence-electron chi connectivity index (χ1n) is 37.6. The van der Waals surface area contributed by atoms with Crippen LogP contribution in [0.3, 0.4) is 0 Å². The van der Waals surface area contributed by atoms with Crippen molar-refractivity contribution in [1.82, 2.24) is 0 Å². The Morgan fingerprint density at radius 3 is 0.944 bits per heavy atom. The fourth-order valence-corrected chi connectivity index (χ4v) is 11.3. The molecule has 0 radical (unpaired) electrons. The van der Waals surface area contributed by atoms with Crippen molar-refractivity contribution in [3.8, 4) is 0 Å². The SMILES string of the molecule is CC/C=C\C/C=C\C/C=C\C/C=C\C/C=C\C/C=C\C/C=C\CCCCCCCCCCCC(=O)OC(COC(=O)CCCCCCCCCCCCCCCCCCCCCCCCC/C=C\C/C=C\CCCCCCC)COP(=O)([O-])OCC[N+](C)(C)C. The Bertz CT molecular complexity index is 1890. The van der Waals surface area contributed by atoms with E-state index in [0.717, 1.165) is 96.3 Å². The number of hydrogen-bond donors (Lipinski definition) is 0. The Morgan fingerprint density at radius 2 is 0.633 bits per heavy atom. The van der Waals surface area contributed by atoms with Crippen LogP contribution in [-0.2, 0) is 32.7 Å². The predicted octanol–water partition coefficient (Wildman–Crippen LogP) is 24.2. The van der Waals surface area contributed by atoms with E-state index in [4.69, 9.17) is 18.5 Å². The highest BCUT2D eigenvalue weighted by Crippen LogP contribution is 2.38. The zero-order chi connectivity index (χ0) is 65.5. The van der Waals surface area contributed by atoms with Crippen LogP contribution >= 0.6 is 7.82 Å². The smallest absolute Gasteiger partial charge is 0.306 e. The maximum absolute atomic E-state index is 12.9. The molecule has 0 aliphatic rings. The number of likely N-dealkylation sites (N-methyl/N-ethyl adjacent to an activating group) is 1. The number of esters is 2. The van der Waals surface area contributed by atoms with Gasteiger partial charge < -0.3 is 27.9 Å². The quantitative estimate of drug-likeness (QED) is 0.0195. The van der Waals surface area contributed by atoms with E-state index in [9.17, 15) is 19.0 Å². The van der Waals surface area contributed by atoms with Gasteiger partial charge in [0.15, 0.2) is 6.10 Å². The van der Waals surface area contributed by atoms with Gasteiger partial charge in [-0.05, 0) is 103 Å². The normalized spacial score (nSPS) is 13.7. The Labute approximate surface area is 556 Å². The second kappa shape index (κ2) is 70.0. The minimum Gasteiger partial charge on any atom is -0.756 e. The molecule has 0 spiro atoms. The number of nitrogens with zero attached hydrogens (tertiary/aromatic N) is 1. The van der Waals surface area contributed by atoms with Crippen LogP contribution < -0.4 is 4.89 Å². The molecule has 9 nitrogen and oxygen atoms in total. The first-order chi connectivity index (χ1) is 44.0. The molecule has 0 fully saturated rings. The number of carbonyl (C=O) groups is 2. The first-order valence-corrected chi connectivity index (χ1v) is 39.1. The van der Waals surface area contributed by atoms with Crippen molar-refractivity contribution < 1.29 is 42.1 Å². The number of rotatable bonds is 69. The number of allylic oxidation sites excluding steroid dienone is 18. The molecule has 0 saturated heterocycles. The van der Waals surface area contributed by atoms with E-state index in [0.29, 0.717) is 17.4 Å². The molecule has 0 bridgehead atoms. The summed E-state index contributed by atoms with van der Waals surface area (Å²) < 4.78 is 34.4. The van der Waals surface area contributed by atoms with E-state index in [1.54, 1.807) is 0 Å². The van der Waals surface area contributed by atoms with Gasteiger partial charge in [-0.1, -0.05) is 329 Å². The third-order valence-electron chi connectivity index (χ3n) is 16.3. The van der Waals surface area contributed by atoms with Crippen LogP contribution in [0.2, 0.25) is 0 Å². The number of carbonyl (C=O) groups excluding carboxylic acids is 2. The fourth-order valence-electron chi connectivity index (χ4n) is 10.6. The Morgan fingerprint density at radius 1 is 0.356 bits per heavy atom. The van der Waals surface area contributed by atoms with E-state index in [-0.39, 0.29) is 32.0 Å². The minimum absolute atomic E-state index is 0.0353. The maximum Gasteiger partial charge on any atom is 0.306 e. The molecule has 0 aliphatic heterocycles. The van der Waals surface area contributed by atoms with Gasteiger partial charge in [0, 0.05) is 12.8 Å². The monoisotopic (exact) mass is 1280 g/mol. The van der Waals surface area contributed by atoms with Gasteiger partial charge in [-0.3, -0.25) is 14.2 Å². The molecule has 0 aromatic rings. The number of unbranched alkanes of at least 4 members (excludes halogenated alkanes) is 37. The van der Waals surface area contributed by atoms with E-state index in [1.807, 2.05) is 21.1 Å². The largest absolute Gasteiger partial charge is 0.756 e. The van der Waals surface area contributed by atoms with Crippen LogP contribution in [0.4, 0.5) is 0 Å². The molecular weight excluding hydrogens is 1130 g/mol. The summed E-state index contributed by atoms with van der Waals surface area (Å²) in [5, 5.41) is 0. The van der Waals surface area contributed by atoms with E-state index < -0.39 is 26.5 Å². The molecule has 0 heterocycles. The standard InChI is InChI=1S/C80H142NO8P/c1-6-8-10-12-14-16-18-20-22-24-26-28-30-32-34-36-38-39-40-41-43-44-46-48-50-52-54-56-58-60-62-64-66-68-70-72-79(82)86-76-78(77-88-90(84,85)87-75-74-81(3,4)5)89-80(83)73-71-69-67-65-63-61-59-57-55-53-51-49-47-45-42-37-35-33-31-29-27-25-23-21-19-17-15-13-11-9-7-2/h9,11,15,17-18,20-21,23-24,26-27,29,33,35,42,45,49,51,78H,6-8,10,12-14,16,19,22,25,28,30-32,34,36-41,43-44,46-48,50,52-77H2,1-5H3/b11-9-,17-15-,20-18-,23-21-,26-24-,29-27-,35-33-,45-42-,51-49-. The number of phosphoric ester groups is 1. The third-order valence-corrected chi connectivity index (χ3v) is 17.2. The molecule has 90 heavy (non-hydrogen) atoms. The van der Waals surface area contributed by atoms with E-state index in [2.05, 4.69) is 123 Å². The lowest BCUT2D eigenvalue weighted by Crippen LogP contribution is -2.37. The highest BCUT2D eigenvalue weighted by atomic mass is 31.2. The highest BCUT2D eigenvalue weighted by molar-refractivity contribution is 7.45. The third kappa shape index (κ3) is 73.7. The van der Waals surface area contributed by atoms with Gasteiger partial charge in [0.1, 0.15) is 19.8 Å². The number of ether oxygens (including phenoxy) is 2. The summed E-state index contributed by atoms with van der Waals surface area (Å²) >= 11 is 0. The average Bonchev–Trinajstić information content (AvgIpc) is 3.58. The lowest BCUT2D eigenvalue weighted by Gasteiger charge is -2.28. The maximum atomic E-state index is 12.9. The molecule has 0 rings (SSSR count). The zero-order valence-corrected chi connectivity index (χ0v) is 60.2. The van der Waals surface area contributed by atoms with Gasteiger partial charge in [0.2, 0.25) is 0 Å². The van der Waals surface area contributed by atoms with Gasteiger partial charge >= 0.3 is 11.9 Å². The molecule has 520 valence electrons. The molecule has 0 aliphatic carbocycles. The van der Waals surface area contributed by atoms with Gasteiger partial charge in [-0.25, -0.2) is 0 Å². The Balaban J connectivity index is 4.01. The van der Waals surface area contributed by atoms with Crippen LogP contribution in [-0.4, -0.2) is 70.0 Å². The summed E-state index contributed by atoms with van der Waals surface area (Å²) in [6.45, 7) is 4.14. The van der Waals surface area contributed by atoms with Crippen molar-refractivity contribution in [3.63, 3.8) is 0 Å². The topological polar surface area (TPSA) is 111 Å². The van der Waals surface area contributed by atoms with Gasteiger partial charge in [0.25, 0.3) is 7.82 Å². The summed E-state index contributed by atoms with van der Waals surface area (Å²) in [6.07, 6.45) is 99.0. The lowest BCUT2D eigenvalue weighted by atomic mass is 10.0. The van der Waals surface area contributed by atoms with Crippen LogP contribution in [0.5, 0.6) is 0 Å². The van der Waals surface area contributed by atoms with Crippen molar-refractivity contribution in [3.05, 3.63) is 109 Å². The van der Waals surface area contributed by atoms with E-state index >= 15 is 0 Å². The summed E-state index contributed by atoms with van der Waals surface area (Å²) in [4.78, 5) is 38.1. The molecule has 0 aromatic heterocycles. The van der Waals surface area contributed by atoms with Gasteiger partial charge in [-0.2, -0.15) is 0 Å². The van der Waals surface area contributed by atoms with Crippen molar-refractivity contribution in [2.75, 3.05) is 47.5 Å². The fraction of sp³-hybridized carbons (Fsp3) is 0.750. The first kappa shape index (κ1) is 86.7. The second-order valence-electron chi connectivity index (χ2n) is 26.3. The van der Waals surface area contributed by atoms with Crippen LogP contribution in [0, 0.1) is 0 Å². The highest BCUT2D eigenvalue weighted by Gasteiger charge is 2.22. The molecule has 10 heteroatoms. The van der Waals surface area contributed by atoms with Gasteiger partial charge in [0.05, 0.1) is 27.7 Å². The van der Waals surface area contributed by atoms with Gasteiger partial charge in [-0.15, -0.1) is 0 Å². The summed E-state index contributed by atoms with van der Waals surface area (Å²) in [7, 11) is 1.16. The summed E-state index contributed by atoms with van der Waals surface area (Å²) in [6, 6.07) is 0. The Kier molecular flexibility index (Phi) is 67.4. The molecule has 0 N–H and O–H groups in total. The van der Waals surface area contributed by atoms with Crippen molar-refractivity contribution in [2.24, 2.45) is 0 Å². The summed E-state index contributed by atoms with van der Waals surface area (Å²) in [5.74, 6) is -0.832. The van der Waals surface area contributed by atoms with Crippen LogP contribution in [0.25, 0.3) is 0 Å². The molecule has 0 saturated carbocycles. The Hall–Kier alpha value is -3.33. The molecule has 2 atom stereocenters. The predicted molar refractivity (Wildman–Crippen MR) is 388 cm³/mol. The number of phosphoric acid groups is 1. The van der Waals surface area contributed by atoms with E-state index in [1.165, 1.54) is 205 Å². The lowest BCUT2D eigenvalue weighted by molar-refractivity contribution is -0.870. The minimum atomic E-state index is -4.65. The molecule has 0 aromatic carbocycles. The average molecular weight is 1280 g/mol.